The lowest BCUT2D eigenvalue weighted by molar-refractivity contribution is -0.123. The first-order valence-corrected chi connectivity index (χ1v) is 13.4. The number of carbonyl (C=O) groups excluding carboxylic acids is 2. The van der Waals surface area contributed by atoms with Gasteiger partial charge in [-0.25, -0.2) is 0 Å². The van der Waals surface area contributed by atoms with Gasteiger partial charge in [-0.3, -0.25) is 4.79 Å². The molecule has 0 aromatic heterocycles. The van der Waals surface area contributed by atoms with Crippen LogP contribution in [-0.4, -0.2) is 40.7 Å². The van der Waals surface area contributed by atoms with Crippen LogP contribution in [0.4, 0.5) is 0 Å². The first-order valence-electron chi connectivity index (χ1n) is 11.5. The van der Waals surface area contributed by atoms with Crippen molar-refractivity contribution in [2.75, 3.05) is 20.3 Å². The van der Waals surface area contributed by atoms with Gasteiger partial charge in [-0.05, 0) is 33.7 Å². The zero-order valence-corrected chi connectivity index (χ0v) is 21.2. The maximum Gasteiger partial charge on any atom is 0.261 e. The lowest BCUT2D eigenvalue weighted by Gasteiger charge is -2.44. The molecule has 0 saturated heterocycles. The number of methoxy groups -OCH3 is 1. The van der Waals surface area contributed by atoms with E-state index in [1.165, 1.54) is 17.5 Å². The molecule has 5 heteroatoms. The molecule has 32 heavy (non-hydrogen) atoms. The number of carbonyl (C=O) groups is 2. The average molecular weight is 455 g/mol. The van der Waals surface area contributed by atoms with Crippen LogP contribution in [0.3, 0.4) is 0 Å². The third-order valence-corrected chi connectivity index (χ3v) is 11.3. The topological polar surface area (TPSA) is 52.6 Å². The molecule has 0 unspecified atom stereocenters. The molecule has 2 aromatic carbocycles. The maximum absolute atomic E-state index is 12.0. The number of aldehydes is 1. The zero-order valence-electron chi connectivity index (χ0n) is 20.2. The van der Waals surface area contributed by atoms with Gasteiger partial charge in [-0.1, -0.05) is 88.4 Å². The van der Waals surface area contributed by atoms with Crippen molar-refractivity contribution in [3.63, 3.8) is 0 Å². The Hall–Kier alpha value is -2.08. The van der Waals surface area contributed by atoms with Crippen LogP contribution < -0.4 is 10.4 Å². The molecule has 0 aliphatic rings. The predicted molar refractivity (Wildman–Crippen MR) is 133 cm³/mol. The fourth-order valence-electron chi connectivity index (χ4n) is 4.49. The van der Waals surface area contributed by atoms with Gasteiger partial charge in [0.2, 0.25) is 0 Å². The zero-order chi connectivity index (χ0) is 23.6. The van der Waals surface area contributed by atoms with Crippen molar-refractivity contribution in [2.24, 2.45) is 11.8 Å². The van der Waals surface area contributed by atoms with E-state index in [9.17, 15) is 9.59 Å². The summed E-state index contributed by atoms with van der Waals surface area (Å²) in [5.74, 6) is 0.326. The summed E-state index contributed by atoms with van der Waals surface area (Å²) in [5.41, 5.74) is 0. The second-order valence-electron chi connectivity index (χ2n) is 9.62. The molecule has 0 N–H and O–H groups in total. The minimum atomic E-state index is -2.61. The highest BCUT2D eigenvalue weighted by Gasteiger charge is 2.50. The van der Waals surface area contributed by atoms with E-state index in [1.54, 1.807) is 0 Å². The number of hydrogen-bond donors (Lipinski definition) is 0. The molecule has 0 saturated carbocycles. The lowest BCUT2D eigenvalue weighted by atomic mass is 9.87. The van der Waals surface area contributed by atoms with Gasteiger partial charge in [0.25, 0.3) is 8.32 Å². The van der Waals surface area contributed by atoms with Gasteiger partial charge in [0.1, 0.15) is 12.9 Å². The van der Waals surface area contributed by atoms with Crippen molar-refractivity contribution in [1.82, 2.24) is 0 Å². The Morgan fingerprint density at radius 2 is 1.53 bits per heavy atom. The minimum Gasteiger partial charge on any atom is -0.407 e. The molecule has 0 aliphatic carbocycles. The standard InChI is InChI=1S/C27H38O4Si/c1-22(23(18-19-28)16-17-24(29)21-30-5)20-31-32(27(2,3)4,25-12-8-6-9-13-25)26-14-10-7-11-15-26/h6-15,19,22-23H,16-18,20-21H2,1-5H3/t22-,23+/m0/s1. The first kappa shape index (κ1) is 26.2. The highest BCUT2D eigenvalue weighted by molar-refractivity contribution is 6.99. The molecule has 0 aliphatic heterocycles. The third-order valence-electron chi connectivity index (χ3n) is 6.28. The number of benzene rings is 2. The fourth-order valence-corrected chi connectivity index (χ4v) is 9.16. The summed E-state index contributed by atoms with van der Waals surface area (Å²) in [6, 6.07) is 21.1. The maximum atomic E-state index is 12.0. The highest BCUT2D eigenvalue weighted by atomic mass is 28.4. The number of rotatable bonds is 13. The molecule has 174 valence electrons. The molecule has 2 aromatic rings. The summed E-state index contributed by atoms with van der Waals surface area (Å²) in [7, 11) is -1.08. The average Bonchev–Trinajstić information content (AvgIpc) is 2.77. The highest BCUT2D eigenvalue weighted by Crippen LogP contribution is 2.37. The van der Waals surface area contributed by atoms with E-state index in [4.69, 9.17) is 9.16 Å². The molecule has 0 amide bonds. The molecule has 0 fully saturated rings. The van der Waals surface area contributed by atoms with Crippen molar-refractivity contribution in [3.8, 4) is 0 Å². The van der Waals surface area contributed by atoms with Crippen LogP contribution in [0, 0.1) is 11.8 Å². The van der Waals surface area contributed by atoms with E-state index in [-0.39, 0.29) is 29.3 Å². The van der Waals surface area contributed by atoms with Gasteiger partial charge in [0, 0.05) is 26.6 Å². The lowest BCUT2D eigenvalue weighted by Crippen LogP contribution is -2.67. The van der Waals surface area contributed by atoms with E-state index in [0.717, 1.165) is 6.29 Å². The summed E-state index contributed by atoms with van der Waals surface area (Å²) in [6.07, 6.45) is 2.50. The van der Waals surface area contributed by atoms with E-state index in [2.05, 4.69) is 76.2 Å². The largest absolute Gasteiger partial charge is 0.407 e. The second kappa shape index (κ2) is 12.2. The molecule has 2 rings (SSSR count). The van der Waals surface area contributed by atoms with Gasteiger partial charge in [0.05, 0.1) is 0 Å². The van der Waals surface area contributed by atoms with Crippen LogP contribution in [-0.2, 0) is 18.8 Å². The Kier molecular flexibility index (Phi) is 10.0. The van der Waals surface area contributed by atoms with Crippen LogP contribution >= 0.6 is 0 Å². The summed E-state index contributed by atoms with van der Waals surface area (Å²) < 4.78 is 12.0. The van der Waals surface area contributed by atoms with Gasteiger partial charge in [-0.15, -0.1) is 0 Å². The summed E-state index contributed by atoms with van der Waals surface area (Å²) in [6.45, 7) is 9.58. The number of ether oxygens (including phenoxy) is 1. The Morgan fingerprint density at radius 3 is 1.97 bits per heavy atom. The van der Waals surface area contributed by atoms with Crippen molar-refractivity contribution in [2.45, 2.75) is 52.0 Å². The van der Waals surface area contributed by atoms with Crippen molar-refractivity contribution >= 4 is 30.8 Å². The SMILES string of the molecule is COCC(=O)CC[C@H](CC=O)[C@@H](C)CO[Si](c1ccccc1)(c1ccccc1)C(C)(C)C. The normalized spacial score (nSPS) is 14.0. The third kappa shape index (κ3) is 6.47. The fraction of sp³-hybridized carbons (Fsp3) is 0.481. The molecular formula is C27H38O4Si. The Bertz CT molecular complexity index is 790. The van der Waals surface area contributed by atoms with E-state index >= 15 is 0 Å². The van der Waals surface area contributed by atoms with Gasteiger partial charge < -0.3 is 14.0 Å². The first-order chi connectivity index (χ1) is 15.3. The minimum absolute atomic E-state index is 0.0727. The molecule has 0 bridgehead atoms. The molecule has 0 spiro atoms. The van der Waals surface area contributed by atoms with Crippen LogP contribution in [0.25, 0.3) is 0 Å². The molecular weight excluding hydrogens is 416 g/mol. The number of Topliss-reactive ketones (excluding diaryl/α,β-unsaturated/α-hetero) is 1. The number of ketones is 1. The molecule has 0 radical (unpaired) electrons. The van der Waals surface area contributed by atoms with Gasteiger partial charge >= 0.3 is 0 Å². The summed E-state index contributed by atoms with van der Waals surface area (Å²) in [4.78, 5) is 23.3. The van der Waals surface area contributed by atoms with E-state index in [1.807, 2.05) is 12.1 Å². The Labute approximate surface area is 194 Å². The van der Waals surface area contributed by atoms with Crippen molar-refractivity contribution < 1.29 is 18.8 Å². The quantitative estimate of drug-likeness (QED) is 0.332. The smallest absolute Gasteiger partial charge is 0.261 e. The predicted octanol–water partition coefficient (Wildman–Crippen LogP) is 4.40. The van der Waals surface area contributed by atoms with Gasteiger partial charge in [-0.2, -0.15) is 0 Å². The van der Waals surface area contributed by atoms with Crippen molar-refractivity contribution in [3.05, 3.63) is 60.7 Å². The van der Waals surface area contributed by atoms with Crippen LogP contribution in [0.15, 0.2) is 60.7 Å². The van der Waals surface area contributed by atoms with E-state index < -0.39 is 8.32 Å². The van der Waals surface area contributed by atoms with Crippen LogP contribution in [0.2, 0.25) is 5.04 Å². The molecule has 4 nitrogen and oxygen atoms in total. The van der Waals surface area contributed by atoms with Gasteiger partial charge in [0.15, 0.2) is 5.78 Å². The summed E-state index contributed by atoms with van der Waals surface area (Å²) >= 11 is 0. The van der Waals surface area contributed by atoms with E-state index in [0.29, 0.717) is 25.9 Å². The van der Waals surface area contributed by atoms with Crippen molar-refractivity contribution in [1.29, 1.82) is 0 Å². The molecule has 2 atom stereocenters. The Morgan fingerprint density at radius 1 is 1.00 bits per heavy atom. The monoisotopic (exact) mass is 454 g/mol. The number of hydrogen-bond acceptors (Lipinski definition) is 4. The van der Waals surface area contributed by atoms with Crippen LogP contribution in [0.5, 0.6) is 0 Å². The van der Waals surface area contributed by atoms with Crippen LogP contribution in [0.1, 0.15) is 47.0 Å². The Balaban J connectivity index is 2.33. The second-order valence-corrected chi connectivity index (χ2v) is 13.9. The summed E-state index contributed by atoms with van der Waals surface area (Å²) in [5, 5.41) is 2.39. The molecule has 0 heterocycles.